The standard InChI is InChI=1S/C27H27N5O4S2/c1-18(33)31-13-12-27(16-31)17-32(26-29-22-9-11-24(36-2)30-25(22)37-26)23-10-8-20(14-21(23)27)38(34,35)28-15-19-6-4-3-5-7-19/h3-11,14,28H,12-13,15-17H2,1-2H3. The number of amides is 1. The van der Waals surface area contributed by atoms with E-state index in [0.717, 1.165) is 38.7 Å². The van der Waals surface area contributed by atoms with Gasteiger partial charge in [-0.2, -0.15) is 0 Å². The zero-order chi connectivity index (χ0) is 26.5. The second kappa shape index (κ2) is 9.33. The van der Waals surface area contributed by atoms with Crippen molar-refractivity contribution in [1.29, 1.82) is 0 Å². The molecule has 11 heteroatoms. The van der Waals surface area contributed by atoms with Gasteiger partial charge >= 0.3 is 0 Å². The van der Waals surface area contributed by atoms with Gasteiger partial charge in [0.25, 0.3) is 0 Å². The number of pyridine rings is 1. The molecular formula is C27H27N5O4S2. The predicted molar refractivity (Wildman–Crippen MR) is 146 cm³/mol. The number of sulfonamides is 1. The summed E-state index contributed by atoms with van der Waals surface area (Å²) in [6.07, 6.45) is 0.744. The monoisotopic (exact) mass is 549 g/mol. The molecule has 196 valence electrons. The van der Waals surface area contributed by atoms with Gasteiger partial charge in [-0.05, 0) is 41.8 Å². The van der Waals surface area contributed by atoms with Gasteiger partial charge in [-0.1, -0.05) is 41.7 Å². The molecule has 6 rings (SSSR count). The van der Waals surface area contributed by atoms with Crippen molar-refractivity contribution in [3.63, 3.8) is 0 Å². The highest BCUT2D eigenvalue weighted by molar-refractivity contribution is 7.89. The minimum atomic E-state index is -3.75. The van der Waals surface area contributed by atoms with Crippen LogP contribution in [0.4, 0.5) is 10.8 Å². The number of carbonyl (C=O) groups is 1. The number of fused-ring (bicyclic) bond motifs is 3. The van der Waals surface area contributed by atoms with Crippen molar-refractivity contribution in [2.75, 3.05) is 31.6 Å². The molecule has 4 heterocycles. The number of aromatic nitrogens is 2. The molecule has 1 spiro atoms. The topological polar surface area (TPSA) is 105 Å². The summed E-state index contributed by atoms with van der Waals surface area (Å²) in [5.74, 6) is 0.545. The van der Waals surface area contributed by atoms with E-state index in [1.165, 1.54) is 11.3 Å². The molecule has 2 aliphatic heterocycles. The van der Waals surface area contributed by atoms with Crippen molar-refractivity contribution in [1.82, 2.24) is 19.6 Å². The molecule has 1 unspecified atom stereocenters. The Labute approximate surface area is 225 Å². The fourth-order valence-corrected chi connectivity index (χ4v) is 7.34. The molecule has 1 amide bonds. The lowest BCUT2D eigenvalue weighted by Gasteiger charge is -2.25. The minimum Gasteiger partial charge on any atom is -0.481 e. The Morgan fingerprint density at radius 2 is 1.92 bits per heavy atom. The van der Waals surface area contributed by atoms with Crippen LogP contribution in [-0.2, 0) is 26.8 Å². The van der Waals surface area contributed by atoms with Gasteiger partial charge in [0.05, 0.1) is 12.0 Å². The highest BCUT2D eigenvalue weighted by Gasteiger charge is 2.49. The van der Waals surface area contributed by atoms with Gasteiger partial charge in [0.15, 0.2) is 5.13 Å². The van der Waals surface area contributed by atoms with Crippen LogP contribution in [0, 0.1) is 0 Å². The van der Waals surface area contributed by atoms with Gasteiger partial charge in [-0.15, -0.1) is 0 Å². The Hall–Kier alpha value is -3.54. The molecule has 1 saturated heterocycles. The van der Waals surface area contributed by atoms with E-state index < -0.39 is 15.4 Å². The Balaban J connectivity index is 1.39. The predicted octanol–water partition coefficient (Wildman–Crippen LogP) is 3.82. The third kappa shape index (κ3) is 4.30. The highest BCUT2D eigenvalue weighted by atomic mass is 32.2. The molecule has 4 aromatic rings. The second-order valence-corrected chi connectivity index (χ2v) is 12.4. The summed E-state index contributed by atoms with van der Waals surface area (Å²) < 4.78 is 34.6. The van der Waals surface area contributed by atoms with Gasteiger partial charge in [-0.3, -0.25) is 4.79 Å². The van der Waals surface area contributed by atoms with Crippen LogP contribution >= 0.6 is 11.3 Å². The summed E-state index contributed by atoms with van der Waals surface area (Å²) in [6, 6.07) is 18.4. The van der Waals surface area contributed by atoms with Crippen LogP contribution in [0.1, 0.15) is 24.5 Å². The first-order valence-electron chi connectivity index (χ1n) is 12.3. The molecule has 1 N–H and O–H groups in total. The van der Waals surface area contributed by atoms with E-state index in [-0.39, 0.29) is 17.3 Å². The highest BCUT2D eigenvalue weighted by Crippen LogP contribution is 2.50. The maximum atomic E-state index is 13.3. The SMILES string of the molecule is COc1ccc2nc(N3CC4(CCN(C(C)=O)C4)c4cc(S(=O)(=O)NCc5ccccc5)ccc43)sc2n1. The van der Waals surface area contributed by atoms with E-state index >= 15 is 0 Å². The molecular weight excluding hydrogens is 522 g/mol. The van der Waals surface area contributed by atoms with Crippen molar-refractivity contribution < 1.29 is 17.9 Å². The van der Waals surface area contributed by atoms with E-state index in [2.05, 4.69) is 14.6 Å². The van der Waals surface area contributed by atoms with Crippen LogP contribution in [-0.4, -0.2) is 55.9 Å². The number of nitrogens with zero attached hydrogens (tertiary/aromatic N) is 4. The van der Waals surface area contributed by atoms with Gasteiger partial charge < -0.3 is 14.5 Å². The molecule has 2 aliphatic rings. The number of nitrogens with one attached hydrogen (secondary N) is 1. The van der Waals surface area contributed by atoms with Crippen molar-refractivity contribution in [2.45, 2.75) is 30.2 Å². The summed E-state index contributed by atoms with van der Waals surface area (Å²) in [6.45, 7) is 3.55. The molecule has 0 aliphatic carbocycles. The maximum Gasteiger partial charge on any atom is 0.240 e. The maximum absolute atomic E-state index is 13.3. The smallest absolute Gasteiger partial charge is 0.240 e. The lowest BCUT2D eigenvalue weighted by Crippen LogP contribution is -2.36. The number of likely N-dealkylation sites (tertiary alicyclic amines) is 1. The molecule has 9 nitrogen and oxygen atoms in total. The average molecular weight is 550 g/mol. The molecule has 38 heavy (non-hydrogen) atoms. The number of carbonyl (C=O) groups excluding carboxylic acids is 1. The summed E-state index contributed by atoms with van der Waals surface area (Å²) >= 11 is 1.46. The number of methoxy groups -OCH3 is 1. The average Bonchev–Trinajstić information content (AvgIpc) is 3.63. The van der Waals surface area contributed by atoms with Crippen LogP contribution in [0.15, 0.2) is 65.6 Å². The van der Waals surface area contributed by atoms with Crippen molar-refractivity contribution >= 4 is 48.4 Å². The summed E-state index contributed by atoms with van der Waals surface area (Å²) in [5.41, 5.74) is 3.09. The lowest BCUT2D eigenvalue weighted by molar-refractivity contribution is -0.127. The number of hydrogen-bond donors (Lipinski definition) is 1. The van der Waals surface area contributed by atoms with Gasteiger partial charge in [0.2, 0.25) is 21.8 Å². The number of benzene rings is 2. The summed E-state index contributed by atoms with van der Waals surface area (Å²) in [5, 5.41) is 0.776. The zero-order valence-electron chi connectivity index (χ0n) is 21.0. The Bertz CT molecular complexity index is 1640. The molecule has 2 aromatic carbocycles. The first-order chi connectivity index (χ1) is 18.3. The van der Waals surface area contributed by atoms with Crippen LogP contribution in [0.25, 0.3) is 10.3 Å². The molecule has 0 saturated carbocycles. The number of hydrogen-bond acceptors (Lipinski definition) is 8. The Morgan fingerprint density at radius 1 is 1.11 bits per heavy atom. The van der Waals surface area contributed by atoms with Crippen LogP contribution < -0.4 is 14.4 Å². The van der Waals surface area contributed by atoms with E-state index in [1.54, 1.807) is 32.2 Å². The quantitative estimate of drug-likeness (QED) is 0.390. The summed E-state index contributed by atoms with van der Waals surface area (Å²) in [4.78, 5) is 26.6. The fourth-order valence-electron chi connectivity index (χ4n) is 5.35. The number of anilines is 2. The summed E-state index contributed by atoms with van der Waals surface area (Å²) in [7, 11) is -2.17. The van der Waals surface area contributed by atoms with Crippen LogP contribution in [0.5, 0.6) is 5.88 Å². The van der Waals surface area contributed by atoms with Gasteiger partial charge in [0, 0.05) is 50.3 Å². The van der Waals surface area contributed by atoms with Crippen molar-refractivity contribution in [3.05, 3.63) is 71.8 Å². The van der Waals surface area contributed by atoms with Crippen molar-refractivity contribution in [3.8, 4) is 5.88 Å². The minimum absolute atomic E-state index is 0.0199. The third-order valence-electron chi connectivity index (χ3n) is 7.37. The normalized spacial score (nSPS) is 18.9. The first kappa shape index (κ1) is 24.8. The third-order valence-corrected chi connectivity index (χ3v) is 9.76. The number of thiazole rings is 1. The van der Waals surface area contributed by atoms with Crippen LogP contribution in [0.2, 0.25) is 0 Å². The van der Waals surface area contributed by atoms with Crippen molar-refractivity contribution in [2.24, 2.45) is 0 Å². The van der Waals surface area contributed by atoms with Gasteiger partial charge in [-0.25, -0.2) is 23.1 Å². The van der Waals surface area contributed by atoms with E-state index in [1.807, 2.05) is 47.4 Å². The lowest BCUT2D eigenvalue weighted by atomic mass is 9.81. The zero-order valence-corrected chi connectivity index (χ0v) is 22.7. The largest absolute Gasteiger partial charge is 0.481 e. The number of ether oxygens (including phenoxy) is 1. The van der Waals surface area contributed by atoms with Crippen LogP contribution in [0.3, 0.4) is 0 Å². The first-order valence-corrected chi connectivity index (χ1v) is 14.6. The van der Waals surface area contributed by atoms with E-state index in [4.69, 9.17) is 9.72 Å². The molecule has 1 fully saturated rings. The molecule has 0 bridgehead atoms. The Morgan fingerprint density at radius 3 is 2.66 bits per heavy atom. The molecule has 1 atom stereocenters. The number of rotatable bonds is 6. The fraction of sp³-hybridized carbons (Fsp3) is 0.296. The molecule has 2 aromatic heterocycles. The molecule has 0 radical (unpaired) electrons. The van der Waals surface area contributed by atoms with E-state index in [9.17, 15) is 13.2 Å². The Kier molecular flexibility index (Phi) is 6.09. The van der Waals surface area contributed by atoms with Gasteiger partial charge in [0.1, 0.15) is 10.3 Å². The second-order valence-electron chi connectivity index (χ2n) is 9.72. The van der Waals surface area contributed by atoms with E-state index in [0.29, 0.717) is 25.5 Å².